The third kappa shape index (κ3) is 4.17. The van der Waals surface area contributed by atoms with E-state index >= 15 is 0 Å². The van der Waals surface area contributed by atoms with Crippen LogP contribution in [0.4, 0.5) is 0 Å². The van der Waals surface area contributed by atoms with Crippen LogP contribution >= 0.6 is 0 Å². The summed E-state index contributed by atoms with van der Waals surface area (Å²) >= 11 is 0. The maximum atomic E-state index is 11.8. The van der Waals surface area contributed by atoms with Gasteiger partial charge in [0.05, 0.1) is 6.26 Å². The number of likely N-dealkylation sites (N-methyl/N-ethyl adjacent to an activating group) is 1. The van der Waals surface area contributed by atoms with E-state index in [0.29, 0.717) is 18.7 Å². The van der Waals surface area contributed by atoms with Gasteiger partial charge in [-0.15, -0.1) is 0 Å². The Hall–Kier alpha value is -2.23. The van der Waals surface area contributed by atoms with E-state index in [2.05, 4.69) is 0 Å². The topological polar surface area (TPSA) is 42.7 Å². The molecule has 2 rings (SSSR count). The van der Waals surface area contributed by atoms with Crippen LogP contribution in [0.5, 0.6) is 5.75 Å². The molecule has 4 heteroatoms. The van der Waals surface area contributed by atoms with Gasteiger partial charge in [-0.3, -0.25) is 4.79 Å². The van der Waals surface area contributed by atoms with E-state index in [1.54, 1.807) is 18.2 Å². The van der Waals surface area contributed by atoms with Gasteiger partial charge in [0, 0.05) is 20.0 Å². The number of para-hydroxylation sites is 1. The van der Waals surface area contributed by atoms with Crippen molar-refractivity contribution in [1.82, 2.24) is 4.90 Å². The lowest BCUT2D eigenvalue weighted by atomic mass is 10.3. The Morgan fingerprint density at radius 2 is 2.00 bits per heavy atom. The van der Waals surface area contributed by atoms with Crippen LogP contribution in [-0.4, -0.2) is 31.0 Å². The molecule has 0 fully saturated rings. The Morgan fingerprint density at radius 1 is 1.21 bits per heavy atom. The Balaban J connectivity index is 1.73. The minimum absolute atomic E-state index is 0.0459. The molecule has 19 heavy (non-hydrogen) atoms. The second kappa shape index (κ2) is 6.64. The molecule has 1 aromatic heterocycles. The van der Waals surface area contributed by atoms with E-state index in [4.69, 9.17) is 9.15 Å². The van der Waals surface area contributed by atoms with Crippen molar-refractivity contribution >= 4 is 5.91 Å². The zero-order valence-corrected chi connectivity index (χ0v) is 10.9. The average Bonchev–Trinajstić information content (AvgIpc) is 2.96. The zero-order valence-electron chi connectivity index (χ0n) is 10.9. The summed E-state index contributed by atoms with van der Waals surface area (Å²) in [5.74, 6) is 1.54. The molecule has 0 saturated carbocycles. The molecule has 0 unspecified atom stereocenters. The fourth-order valence-electron chi connectivity index (χ4n) is 1.63. The van der Waals surface area contributed by atoms with Crippen LogP contribution in [0, 0.1) is 0 Å². The van der Waals surface area contributed by atoms with Gasteiger partial charge in [0.1, 0.15) is 11.5 Å². The number of ether oxygens (including phenoxy) is 1. The highest BCUT2D eigenvalue weighted by Crippen LogP contribution is 2.08. The second-order valence-corrected chi connectivity index (χ2v) is 4.25. The lowest BCUT2D eigenvalue weighted by Gasteiger charge is -2.16. The first-order chi connectivity index (χ1) is 9.25. The van der Waals surface area contributed by atoms with Crippen molar-refractivity contribution in [2.24, 2.45) is 0 Å². The first kappa shape index (κ1) is 13.2. The fourth-order valence-corrected chi connectivity index (χ4v) is 1.63. The molecule has 0 aliphatic heterocycles. The van der Waals surface area contributed by atoms with Crippen LogP contribution in [-0.2, 0) is 11.2 Å². The van der Waals surface area contributed by atoms with Gasteiger partial charge in [-0.1, -0.05) is 18.2 Å². The number of furan rings is 1. The highest BCUT2D eigenvalue weighted by molar-refractivity contribution is 5.77. The summed E-state index contributed by atoms with van der Waals surface area (Å²) in [4.78, 5) is 13.5. The van der Waals surface area contributed by atoms with Gasteiger partial charge in [-0.2, -0.15) is 0 Å². The highest BCUT2D eigenvalue weighted by Gasteiger charge is 2.10. The molecule has 1 heterocycles. The minimum atomic E-state index is -0.0459. The molecule has 2 aromatic rings. The monoisotopic (exact) mass is 259 g/mol. The highest BCUT2D eigenvalue weighted by atomic mass is 16.5. The Bertz CT molecular complexity index is 493. The van der Waals surface area contributed by atoms with Gasteiger partial charge in [0.15, 0.2) is 6.61 Å². The largest absolute Gasteiger partial charge is 0.484 e. The van der Waals surface area contributed by atoms with Crippen molar-refractivity contribution in [2.45, 2.75) is 6.42 Å². The number of amides is 1. The molecule has 0 bridgehead atoms. The quantitative estimate of drug-likeness (QED) is 0.799. The molecule has 0 aliphatic rings. The molecule has 0 radical (unpaired) electrons. The number of carbonyl (C=O) groups excluding carboxylic acids is 1. The summed E-state index contributed by atoms with van der Waals surface area (Å²) in [5, 5.41) is 0. The summed E-state index contributed by atoms with van der Waals surface area (Å²) in [6.07, 6.45) is 2.34. The van der Waals surface area contributed by atoms with E-state index in [0.717, 1.165) is 5.76 Å². The molecule has 0 atom stereocenters. The first-order valence-electron chi connectivity index (χ1n) is 6.20. The van der Waals surface area contributed by atoms with Gasteiger partial charge in [0.25, 0.3) is 5.91 Å². The number of nitrogens with zero attached hydrogens (tertiary/aromatic N) is 1. The predicted molar refractivity (Wildman–Crippen MR) is 72.0 cm³/mol. The predicted octanol–water partition coefficient (Wildman–Crippen LogP) is 2.36. The van der Waals surface area contributed by atoms with Crippen LogP contribution < -0.4 is 4.74 Å². The Morgan fingerprint density at radius 3 is 2.68 bits per heavy atom. The number of hydrogen-bond donors (Lipinski definition) is 0. The van der Waals surface area contributed by atoms with Gasteiger partial charge in [-0.25, -0.2) is 0 Å². The third-order valence-electron chi connectivity index (χ3n) is 2.80. The summed E-state index contributed by atoms with van der Waals surface area (Å²) in [6, 6.07) is 13.1. The standard InChI is InChI=1S/C15H17NO3/c1-16(10-9-14-8-5-11-18-14)15(17)12-19-13-6-3-2-4-7-13/h2-8,11H,9-10,12H2,1H3. The van der Waals surface area contributed by atoms with E-state index in [1.165, 1.54) is 0 Å². The number of benzene rings is 1. The molecule has 0 spiro atoms. The van der Waals surface area contributed by atoms with Crippen LogP contribution in [0.25, 0.3) is 0 Å². The van der Waals surface area contributed by atoms with Crippen molar-refractivity contribution in [3.8, 4) is 5.75 Å². The van der Waals surface area contributed by atoms with E-state index < -0.39 is 0 Å². The molecular weight excluding hydrogens is 242 g/mol. The average molecular weight is 259 g/mol. The zero-order chi connectivity index (χ0) is 13.5. The number of hydrogen-bond acceptors (Lipinski definition) is 3. The minimum Gasteiger partial charge on any atom is -0.484 e. The van der Waals surface area contributed by atoms with Crippen molar-refractivity contribution in [3.05, 3.63) is 54.5 Å². The molecular formula is C15H17NO3. The molecule has 1 aromatic carbocycles. The van der Waals surface area contributed by atoms with Gasteiger partial charge < -0.3 is 14.1 Å². The Labute approximate surface area is 112 Å². The normalized spacial score (nSPS) is 10.2. The van der Waals surface area contributed by atoms with Crippen LogP contribution in [0.15, 0.2) is 53.1 Å². The van der Waals surface area contributed by atoms with E-state index in [-0.39, 0.29) is 12.5 Å². The van der Waals surface area contributed by atoms with E-state index in [9.17, 15) is 4.79 Å². The van der Waals surface area contributed by atoms with Crippen molar-refractivity contribution in [1.29, 1.82) is 0 Å². The van der Waals surface area contributed by atoms with Crippen molar-refractivity contribution in [3.63, 3.8) is 0 Å². The fraction of sp³-hybridized carbons (Fsp3) is 0.267. The summed E-state index contributed by atoms with van der Waals surface area (Å²) in [7, 11) is 1.76. The lowest BCUT2D eigenvalue weighted by Crippen LogP contribution is -2.33. The van der Waals surface area contributed by atoms with Crippen LogP contribution in [0.1, 0.15) is 5.76 Å². The molecule has 0 aliphatic carbocycles. The van der Waals surface area contributed by atoms with Gasteiger partial charge in [0.2, 0.25) is 0 Å². The molecule has 1 amide bonds. The Kier molecular flexibility index (Phi) is 4.61. The summed E-state index contributed by atoms with van der Waals surface area (Å²) in [6.45, 7) is 0.670. The molecule has 4 nitrogen and oxygen atoms in total. The number of carbonyl (C=O) groups is 1. The smallest absolute Gasteiger partial charge is 0.260 e. The molecule has 100 valence electrons. The molecule has 0 saturated heterocycles. The van der Waals surface area contributed by atoms with Crippen LogP contribution in [0.2, 0.25) is 0 Å². The maximum absolute atomic E-state index is 11.8. The van der Waals surface area contributed by atoms with Crippen molar-refractivity contribution in [2.75, 3.05) is 20.2 Å². The van der Waals surface area contributed by atoms with Crippen LogP contribution in [0.3, 0.4) is 0 Å². The van der Waals surface area contributed by atoms with Gasteiger partial charge in [-0.05, 0) is 24.3 Å². The summed E-state index contributed by atoms with van der Waals surface area (Å²) in [5.41, 5.74) is 0. The SMILES string of the molecule is CN(CCc1ccco1)C(=O)COc1ccccc1. The first-order valence-corrected chi connectivity index (χ1v) is 6.20. The number of rotatable bonds is 6. The third-order valence-corrected chi connectivity index (χ3v) is 2.80. The van der Waals surface area contributed by atoms with Gasteiger partial charge >= 0.3 is 0 Å². The van der Waals surface area contributed by atoms with Crippen molar-refractivity contribution < 1.29 is 13.9 Å². The van der Waals surface area contributed by atoms with E-state index in [1.807, 2.05) is 42.5 Å². The lowest BCUT2D eigenvalue weighted by molar-refractivity contribution is -0.132. The summed E-state index contributed by atoms with van der Waals surface area (Å²) < 4.78 is 10.6. The maximum Gasteiger partial charge on any atom is 0.260 e. The second-order valence-electron chi connectivity index (χ2n) is 4.25. The molecule has 0 N–H and O–H groups in total.